The molecule has 0 saturated carbocycles. The van der Waals surface area contributed by atoms with Gasteiger partial charge in [0.1, 0.15) is 0 Å². The molecule has 0 aromatic rings. The third-order valence-electron chi connectivity index (χ3n) is 0. The third kappa shape index (κ3) is 81.5. The standard InChI is InChI=1S/C4H7.BrH.Mg/c1-4(2)3;;/h1H,2-3H3;1H;/q-1;;+2/p-1. The molecule has 0 aromatic heterocycles. The molecule has 0 N–H and O–H groups in total. The Labute approximate surface area is 65.9 Å². The molecule has 0 fully saturated rings. The Morgan fingerprint density at radius 2 is 1.33 bits per heavy atom. The molecule has 6 heavy (non-hydrogen) atoms. The molecule has 0 rings (SSSR count). The van der Waals surface area contributed by atoms with Gasteiger partial charge < -0.3 is 23.6 Å². The Morgan fingerprint density at radius 3 is 1.33 bits per heavy atom. The molecule has 0 unspecified atom stereocenters. The van der Waals surface area contributed by atoms with E-state index >= 15 is 0 Å². The number of allylic oxidation sites excluding steroid dienone is 1. The minimum absolute atomic E-state index is 0. The Balaban J connectivity index is -0.0000000450. The quantitative estimate of drug-likeness (QED) is 0.284. The predicted molar refractivity (Wildman–Crippen MR) is 24.9 cm³/mol. The molecule has 0 saturated heterocycles. The fraction of sp³-hybridized carbons (Fsp3) is 0.500. The second-order valence-corrected chi connectivity index (χ2v) is 1.08. The minimum atomic E-state index is 0. The van der Waals surface area contributed by atoms with E-state index in [0.717, 1.165) is 5.57 Å². The molecular formula is C4H7BrMg. The smallest absolute Gasteiger partial charge is 1.00 e. The summed E-state index contributed by atoms with van der Waals surface area (Å²) < 4.78 is 0. The first-order chi connectivity index (χ1) is 1.73. The maximum absolute atomic E-state index is 5.03. The van der Waals surface area contributed by atoms with Crippen LogP contribution in [0.4, 0.5) is 0 Å². The molecule has 0 atom stereocenters. The minimum Gasteiger partial charge on any atom is -1.00 e. The second-order valence-electron chi connectivity index (χ2n) is 1.08. The molecule has 0 heterocycles. The van der Waals surface area contributed by atoms with E-state index in [9.17, 15) is 0 Å². The summed E-state index contributed by atoms with van der Waals surface area (Å²) in [6.45, 7) is 8.75. The molecule has 0 aliphatic carbocycles. The second kappa shape index (κ2) is 9.37. The van der Waals surface area contributed by atoms with Gasteiger partial charge in [0.25, 0.3) is 0 Å². The monoisotopic (exact) mass is 158 g/mol. The summed E-state index contributed by atoms with van der Waals surface area (Å²) in [6.07, 6.45) is 0. The van der Waals surface area contributed by atoms with Gasteiger partial charge in [-0.05, 0) is 0 Å². The van der Waals surface area contributed by atoms with Crippen LogP contribution in [0.3, 0.4) is 0 Å². The van der Waals surface area contributed by atoms with Gasteiger partial charge in [0, 0.05) is 0 Å². The summed E-state index contributed by atoms with van der Waals surface area (Å²) in [5.41, 5.74) is 0.917. The van der Waals surface area contributed by atoms with Crippen molar-refractivity contribution in [2.45, 2.75) is 13.8 Å². The van der Waals surface area contributed by atoms with E-state index in [1.807, 2.05) is 13.8 Å². The van der Waals surface area contributed by atoms with Crippen molar-refractivity contribution in [3.05, 3.63) is 12.2 Å². The zero-order valence-corrected chi connectivity index (χ0v) is 7.16. The number of hydrogen-bond donors (Lipinski definition) is 0. The predicted octanol–water partition coefficient (Wildman–Crippen LogP) is -1.99. The van der Waals surface area contributed by atoms with Gasteiger partial charge in [-0.15, -0.1) is 0 Å². The zero-order chi connectivity index (χ0) is 3.58. The first-order valence-electron chi connectivity index (χ1n) is 1.29. The maximum Gasteiger partial charge on any atom is 2.00 e. The topological polar surface area (TPSA) is 0 Å². The molecule has 0 spiro atoms. The van der Waals surface area contributed by atoms with Crippen LogP contribution in [-0.2, 0) is 0 Å². The number of halogens is 1. The molecule has 0 aromatic carbocycles. The summed E-state index contributed by atoms with van der Waals surface area (Å²) in [5, 5.41) is 0. The van der Waals surface area contributed by atoms with E-state index in [0.29, 0.717) is 0 Å². The van der Waals surface area contributed by atoms with Crippen molar-refractivity contribution in [3.63, 3.8) is 0 Å². The summed E-state index contributed by atoms with van der Waals surface area (Å²) >= 11 is 0. The molecule has 0 aliphatic rings. The van der Waals surface area contributed by atoms with Gasteiger partial charge in [-0.3, -0.25) is 5.57 Å². The molecule has 0 bridgehead atoms. The Bertz CT molecular complexity index is 30.5. The van der Waals surface area contributed by atoms with Crippen molar-refractivity contribution in [1.29, 1.82) is 0 Å². The van der Waals surface area contributed by atoms with Gasteiger partial charge in [-0.25, -0.2) is 0 Å². The summed E-state index contributed by atoms with van der Waals surface area (Å²) in [6, 6.07) is 0. The van der Waals surface area contributed by atoms with E-state index in [4.69, 9.17) is 6.58 Å². The molecular weight excluding hydrogens is 152 g/mol. The molecule has 2 heteroatoms. The molecule has 0 nitrogen and oxygen atoms in total. The van der Waals surface area contributed by atoms with Gasteiger partial charge >= 0.3 is 23.1 Å². The van der Waals surface area contributed by atoms with Crippen LogP contribution in [0.25, 0.3) is 0 Å². The van der Waals surface area contributed by atoms with Crippen LogP contribution in [0, 0.1) is 6.58 Å². The summed E-state index contributed by atoms with van der Waals surface area (Å²) in [7, 11) is 0. The van der Waals surface area contributed by atoms with E-state index < -0.39 is 0 Å². The van der Waals surface area contributed by atoms with E-state index in [1.54, 1.807) is 0 Å². The van der Waals surface area contributed by atoms with E-state index in [2.05, 4.69) is 0 Å². The van der Waals surface area contributed by atoms with Crippen LogP contribution in [0.15, 0.2) is 5.57 Å². The van der Waals surface area contributed by atoms with Crippen LogP contribution in [0.5, 0.6) is 0 Å². The van der Waals surface area contributed by atoms with Gasteiger partial charge in [0.15, 0.2) is 0 Å². The zero-order valence-electron chi connectivity index (χ0n) is 4.16. The Morgan fingerprint density at radius 1 is 1.33 bits per heavy atom. The molecule has 0 amide bonds. The van der Waals surface area contributed by atoms with Gasteiger partial charge in [-0.2, -0.15) is 0 Å². The van der Waals surface area contributed by atoms with Gasteiger partial charge in [0.05, 0.1) is 0 Å². The summed E-state index contributed by atoms with van der Waals surface area (Å²) in [5.74, 6) is 0. The molecule has 32 valence electrons. The largest absolute Gasteiger partial charge is 2.00 e. The van der Waals surface area contributed by atoms with Crippen molar-refractivity contribution in [1.82, 2.24) is 0 Å². The third-order valence-corrected chi connectivity index (χ3v) is 0. The van der Waals surface area contributed by atoms with Gasteiger partial charge in [-0.1, -0.05) is 13.8 Å². The Hall–Kier alpha value is 0.986. The Kier molecular flexibility index (Phi) is 24.6. The van der Waals surface area contributed by atoms with Crippen molar-refractivity contribution >= 4 is 23.1 Å². The average Bonchev–Trinajstić information content (AvgIpc) is 0.811. The van der Waals surface area contributed by atoms with Crippen molar-refractivity contribution in [2.24, 2.45) is 0 Å². The average molecular weight is 159 g/mol. The number of rotatable bonds is 0. The first kappa shape index (κ1) is 15.8. The van der Waals surface area contributed by atoms with Crippen molar-refractivity contribution in [2.75, 3.05) is 0 Å². The van der Waals surface area contributed by atoms with Crippen LogP contribution >= 0.6 is 0 Å². The summed E-state index contributed by atoms with van der Waals surface area (Å²) in [4.78, 5) is 0. The van der Waals surface area contributed by atoms with Gasteiger partial charge in [0.2, 0.25) is 0 Å². The fourth-order valence-corrected chi connectivity index (χ4v) is 0. The normalized spacial score (nSPS) is 4.33. The van der Waals surface area contributed by atoms with E-state index in [-0.39, 0.29) is 40.0 Å². The SMILES string of the molecule is [Br-].[CH-]=C(C)C.[Mg+2]. The van der Waals surface area contributed by atoms with Crippen LogP contribution < -0.4 is 17.0 Å². The van der Waals surface area contributed by atoms with Crippen LogP contribution in [0.1, 0.15) is 13.8 Å². The van der Waals surface area contributed by atoms with Crippen molar-refractivity contribution < 1.29 is 17.0 Å². The first-order valence-corrected chi connectivity index (χ1v) is 1.29. The molecule has 0 radical (unpaired) electrons. The van der Waals surface area contributed by atoms with E-state index in [1.165, 1.54) is 0 Å². The van der Waals surface area contributed by atoms with Crippen LogP contribution in [-0.4, -0.2) is 23.1 Å². The van der Waals surface area contributed by atoms with Crippen LogP contribution in [0.2, 0.25) is 0 Å². The molecule has 0 aliphatic heterocycles. The fourth-order valence-electron chi connectivity index (χ4n) is 0. The van der Waals surface area contributed by atoms with Crippen molar-refractivity contribution in [3.8, 4) is 0 Å². The maximum atomic E-state index is 5.03. The number of hydrogen-bond acceptors (Lipinski definition) is 0.